The normalized spacial score (nSPS) is 18.7. The van der Waals surface area contributed by atoms with Gasteiger partial charge in [-0.25, -0.2) is 24.6 Å². The van der Waals surface area contributed by atoms with Crippen LogP contribution in [0.4, 0.5) is 13.2 Å². The van der Waals surface area contributed by atoms with Gasteiger partial charge in [-0.15, -0.1) is 0 Å². The summed E-state index contributed by atoms with van der Waals surface area (Å²) in [5.41, 5.74) is 1.86. The lowest BCUT2D eigenvalue weighted by Gasteiger charge is -2.20. The molecule has 2 saturated heterocycles. The van der Waals surface area contributed by atoms with Crippen molar-refractivity contribution in [3.05, 3.63) is 72.5 Å². The molecule has 0 aliphatic carbocycles. The molecule has 2 unspecified atom stereocenters. The van der Waals surface area contributed by atoms with Crippen LogP contribution in [0.15, 0.2) is 55.4 Å². The van der Waals surface area contributed by atoms with E-state index < -0.39 is 11.9 Å². The molecule has 5 aromatic rings. The molecule has 11 nitrogen and oxygen atoms in total. The van der Waals surface area contributed by atoms with Gasteiger partial charge in [-0.05, 0) is 50.9 Å². The van der Waals surface area contributed by atoms with Crippen molar-refractivity contribution in [3.8, 4) is 17.3 Å². The molecule has 230 valence electrons. The fourth-order valence-corrected chi connectivity index (χ4v) is 5.20. The van der Waals surface area contributed by atoms with E-state index in [0.717, 1.165) is 50.6 Å². The number of piperidine rings is 2. The number of hydrogen-bond donors (Lipinski definition) is 3. The number of aromatic nitrogens is 9. The number of fused-ring (bicyclic) bond motifs is 1. The van der Waals surface area contributed by atoms with Gasteiger partial charge >= 0.3 is 6.18 Å². The zero-order valence-electron chi connectivity index (χ0n) is 22.2. The minimum Gasteiger partial charge on any atom is -0.316 e. The summed E-state index contributed by atoms with van der Waals surface area (Å²) < 4.78 is 42.1. The number of alkyl halides is 3. The Labute approximate surface area is 248 Å². The van der Waals surface area contributed by atoms with Crippen LogP contribution in [-0.2, 0) is 6.18 Å². The first-order valence-corrected chi connectivity index (χ1v) is 13.7. The van der Waals surface area contributed by atoms with Crippen LogP contribution in [-0.4, -0.2) is 70.5 Å². The van der Waals surface area contributed by atoms with Crippen LogP contribution in [0.3, 0.4) is 0 Å². The number of halogens is 3. The quantitative estimate of drug-likeness (QED) is 0.264. The highest BCUT2D eigenvalue weighted by Crippen LogP contribution is 2.29. The molecule has 7 rings (SSSR count). The summed E-state index contributed by atoms with van der Waals surface area (Å²) >= 11 is 0. The fraction of sp³-hybridized carbons (Fsp3) is 0.448. The fourth-order valence-electron chi connectivity index (χ4n) is 5.20. The van der Waals surface area contributed by atoms with Crippen molar-refractivity contribution in [1.82, 2.24) is 54.9 Å². The van der Waals surface area contributed by atoms with E-state index in [-0.39, 0.29) is 26.3 Å². The van der Waals surface area contributed by atoms with Gasteiger partial charge in [0.05, 0.1) is 18.1 Å². The van der Waals surface area contributed by atoms with E-state index in [1.807, 2.05) is 18.5 Å². The smallest absolute Gasteiger partial charge is 0.316 e. The summed E-state index contributed by atoms with van der Waals surface area (Å²) in [6.45, 7) is 4.19. The summed E-state index contributed by atoms with van der Waals surface area (Å²) in [4.78, 5) is 16.3. The molecule has 0 saturated carbocycles. The molecule has 43 heavy (non-hydrogen) atoms. The number of imidazole rings is 1. The van der Waals surface area contributed by atoms with E-state index in [4.69, 9.17) is 0 Å². The van der Waals surface area contributed by atoms with Crippen LogP contribution in [0, 0.1) is 0 Å². The van der Waals surface area contributed by atoms with Crippen molar-refractivity contribution >= 4 is 5.65 Å². The Hall–Kier alpha value is -4.17. The zero-order chi connectivity index (χ0) is 28.2. The monoisotopic (exact) mass is 597 g/mol. The molecule has 0 spiro atoms. The van der Waals surface area contributed by atoms with Crippen LogP contribution in [0.25, 0.3) is 23.0 Å². The van der Waals surface area contributed by atoms with E-state index in [2.05, 4.69) is 51.9 Å². The Kier molecular flexibility index (Phi) is 10.2. The Bertz CT molecular complexity index is 1560. The van der Waals surface area contributed by atoms with Gasteiger partial charge in [0.1, 0.15) is 5.69 Å². The molecular formula is C29H38F3N11. The van der Waals surface area contributed by atoms with Gasteiger partial charge in [-0.1, -0.05) is 14.9 Å². The zero-order valence-corrected chi connectivity index (χ0v) is 22.2. The maximum atomic E-state index is 13.1. The van der Waals surface area contributed by atoms with Crippen molar-refractivity contribution in [2.75, 3.05) is 26.2 Å². The summed E-state index contributed by atoms with van der Waals surface area (Å²) in [6.07, 6.45) is 8.81. The maximum Gasteiger partial charge on any atom is 0.434 e. The molecule has 7 heterocycles. The van der Waals surface area contributed by atoms with Gasteiger partial charge in [-0.3, -0.25) is 9.50 Å². The molecule has 2 atom stereocenters. The van der Waals surface area contributed by atoms with Crippen molar-refractivity contribution in [3.63, 3.8) is 0 Å². The number of H-pyrrole nitrogens is 1. The first-order chi connectivity index (χ1) is 20.0. The van der Waals surface area contributed by atoms with E-state index in [0.29, 0.717) is 23.3 Å². The van der Waals surface area contributed by atoms with Gasteiger partial charge in [-0.2, -0.15) is 23.4 Å². The van der Waals surface area contributed by atoms with Crippen LogP contribution < -0.4 is 10.6 Å². The SMILES string of the molecule is C.C.FC(F)(F)c1cn2c(-c3nccc(-n4ccc(C5CCCNC5)n4)n3)cnc2cn1.c1cc(C2CCCNC2)[nH]n1. The lowest BCUT2D eigenvalue weighted by molar-refractivity contribution is -0.141. The highest BCUT2D eigenvalue weighted by molar-refractivity contribution is 5.57. The molecule has 0 bridgehead atoms. The molecule has 2 aliphatic rings. The lowest BCUT2D eigenvalue weighted by Crippen LogP contribution is -2.28. The number of nitrogens with one attached hydrogen (secondary N) is 3. The third-order valence-corrected chi connectivity index (χ3v) is 7.37. The summed E-state index contributed by atoms with van der Waals surface area (Å²) in [7, 11) is 0. The van der Waals surface area contributed by atoms with Crippen molar-refractivity contribution in [2.45, 2.75) is 58.5 Å². The standard InChI is InChI=1S/C19H17F3N8.C8H13N3.2CH4/c20-19(21,22)15-11-29-14(9-26-17(29)10-25-15)18-24-6-3-16(27-18)30-7-4-13(28-30)12-2-1-5-23-8-12;1-2-7(6-9-4-1)8-3-5-10-11-8;;/h3-4,6-7,9-12,23H,1-2,5,8H2;3,5,7,9H,1-2,4,6H2,(H,10,11);2*1H4. The highest BCUT2D eigenvalue weighted by atomic mass is 19.4. The molecule has 0 aromatic carbocycles. The van der Waals surface area contributed by atoms with Crippen LogP contribution in [0.1, 0.15) is 69.5 Å². The largest absolute Gasteiger partial charge is 0.434 e. The average Bonchev–Trinajstić information content (AvgIpc) is 3.79. The van der Waals surface area contributed by atoms with E-state index in [9.17, 15) is 13.2 Å². The van der Waals surface area contributed by atoms with Crippen LogP contribution in [0.2, 0.25) is 0 Å². The lowest BCUT2D eigenvalue weighted by atomic mass is 9.97. The molecule has 14 heteroatoms. The van der Waals surface area contributed by atoms with E-state index in [1.54, 1.807) is 16.9 Å². The number of nitrogens with zero attached hydrogens (tertiary/aromatic N) is 8. The van der Waals surface area contributed by atoms with Crippen LogP contribution >= 0.6 is 0 Å². The number of hydrogen-bond acceptors (Lipinski definition) is 8. The Morgan fingerprint density at radius 2 is 1.63 bits per heavy atom. The Balaban J connectivity index is 0.000000275. The Morgan fingerprint density at radius 3 is 2.30 bits per heavy atom. The third-order valence-electron chi connectivity index (χ3n) is 7.37. The average molecular weight is 598 g/mol. The summed E-state index contributed by atoms with van der Waals surface area (Å²) in [5.74, 6) is 1.78. The van der Waals surface area contributed by atoms with E-state index in [1.165, 1.54) is 35.7 Å². The molecule has 0 radical (unpaired) electrons. The minimum absolute atomic E-state index is 0. The maximum absolute atomic E-state index is 13.1. The number of rotatable bonds is 4. The van der Waals surface area contributed by atoms with Gasteiger partial charge in [0, 0.05) is 61.5 Å². The molecule has 3 N–H and O–H groups in total. The molecule has 5 aromatic heterocycles. The predicted molar refractivity (Wildman–Crippen MR) is 158 cm³/mol. The van der Waals surface area contributed by atoms with Crippen molar-refractivity contribution in [2.24, 2.45) is 0 Å². The molecular weight excluding hydrogens is 559 g/mol. The third kappa shape index (κ3) is 7.25. The molecule has 2 aliphatic heterocycles. The van der Waals surface area contributed by atoms with Crippen molar-refractivity contribution in [1.29, 1.82) is 0 Å². The van der Waals surface area contributed by atoms with Crippen molar-refractivity contribution < 1.29 is 13.2 Å². The number of aromatic amines is 1. The predicted octanol–water partition coefficient (Wildman–Crippen LogP) is 5.01. The van der Waals surface area contributed by atoms with Gasteiger partial charge in [0.15, 0.2) is 23.0 Å². The van der Waals surface area contributed by atoms with E-state index >= 15 is 0 Å². The molecule has 2 fully saturated rings. The van der Waals surface area contributed by atoms with Gasteiger partial charge in [0.2, 0.25) is 0 Å². The van der Waals surface area contributed by atoms with Gasteiger partial charge in [0.25, 0.3) is 0 Å². The second-order valence-electron chi connectivity index (χ2n) is 10.2. The first kappa shape index (κ1) is 31.8. The summed E-state index contributed by atoms with van der Waals surface area (Å²) in [6, 6.07) is 5.73. The second-order valence-corrected chi connectivity index (χ2v) is 10.2. The topological polar surface area (TPSA) is 127 Å². The first-order valence-electron chi connectivity index (χ1n) is 13.7. The highest BCUT2D eigenvalue weighted by Gasteiger charge is 2.33. The summed E-state index contributed by atoms with van der Waals surface area (Å²) in [5, 5.41) is 18.3. The Morgan fingerprint density at radius 1 is 0.860 bits per heavy atom. The second kappa shape index (κ2) is 13.9. The molecule has 0 amide bonds. The van der Waals surface area contributed by atoms with Gasteiger partial charge < -0.3 is 10.6 Å². The minimum atomic E-state index is -4.56. The van der Waals surface area contributed by atoms with Crippen LogP contribution in [0.5, 0.6) is 0 Å².